The lowest BCUT2D eigenvalue weighted by molar-refractivity contribution is 0.400. The zero-order valence-corrected chi connectivity index (χ0v) is 14.6. The van der Waals surface area contributed by atoms with Gasteiger partial charge in [-0.2, -0.15) is 4.68 Å². The second-order valence-corrected chi connectivity index (χ2v) is 6.82. The zero-order chi connectivity index (χ0) is 18.0. The largest absolute Gasteiger partial charge is 0.356 e. The van der Waals surface area contributed by atoms with Crippen LogP contribution in [0.4, 0.5) is 0 Å². The van der Waals surface area contributed by atoms with E-state index in [2.05, 4.69) is 4.57 Å². The third-order valence-electron chi connectivity index (χ3n) is 5.31. The highest BCUT2D eigenvalue weighted by atomic mass is 16.2. The van der Waals surface area contributed by atoms with E-state index in [1.54, 1.807) is 21.5 Å². The highest BCUT2D eigenvalue weighted by molar-refractivity contribution is 5.91. The van der Waals surface area contributed by atoms with E-state index in [0.717, 1.165) is 22.3 Å². The third kappa shape index (κ3) is 1.76. The van der Waals surface area contributed by atoms with Crippen LogP contribution in [0.5, 0.6) is 0 Å². The van der Waals surface area contributed by atoms with Gasteiger partial charge < -0.3 is 4.57 Å². The summed E-state index contributed by atoms with van der Waals surface area (Å²) in [5.41, 5.74) is 2.91. The van der Waals surface area contributed by atoms with Gasteiger partial charge in [0, 0.05) is 24.5 Å². The van der Waals surface area contributed by atoms with E-state index < -0.39 is 0 Å². The van der Waals surface area contributed by atoms with Gasteiger partial charge in [-0.15, -0.1) is 0 Å². The quantitative estimate of drug-likeness (QED) is 0.531. The number of hydrogen-bond acceptors (Lipinski definition) is 2. The predicted octanol–water partition coefficient (Wildman–Crippen LogP) is 2.40. The maximum Gasteiger partial charge on any atom is 0.356 e. The molecule has 0 N–H and O–H groups in total. The normalized spacial score (nSPS) is 15.8. The van der Waals surface area contributed by atoms with Crippen molar-refractivity contribution >= 4 is 10.9 Å². The molecule has 2 aromatic heterocycles. The molecule has 2 aromatic carbocycles. The van der Waals surface area contributed by atoms with E-state index in [4.69, 9.17) is 0 Å². The van der Waals surface area contributed by atoms with Crippen LogP contribution in [0.25, 0.3) is 22.3 Å². The average Bonchev–Trinajstić information content (AvgIpc) is 3.08. The number of fused-ring (bicyclic) bond motifs is 5. The molecule has 0 saturated carbocycles. The third-order valence-corrected chi connectivity index (χ3v) is 5.31. The van der Waals surface area contributed by atoms with Crippen LogP contribution >= 0.6 is 0 Å². The molecular formula is C20H18N4O2. The van der Waals surface area contributed by atoms with Gasteiger partial charge in [0.2, 0.25) is 0 Å². The first-order valence-electron chi connectivity index (χ1n) is 8.68. The van der Waals surface area contributed by atoms with Gasteiger partial charge in [-0.3, -0.25) is 0 Å². The molecule has 0 amide bonds. The topological polar surface area (TPSA) is 53.9 Å². The summed E-state index contributed by atoms with van der Waals surface area (Å²) in [5.74, 6) is 0. The van der Waals surface area contributed by atoms with Crippen LogP contribution in [0.1, 0.15) is 18.7 Å². The molecule has 1 unspecified atom stereocenters. The lowest BCUT2D eigenvalue weighted by Gasteiger charge is -2.23. The Hall–Kier alpha value is -3.28. The van der Waals surface area contributed by atoms with E-state index in [9.17, 15) is 9.59 Å². The van der Waals surface area contributed by atoms with Crippen molar-refractivity contribution in [1.82, 2.24) is 18.5 Å². The molecule has 0 aliphatic carbocycles. The summed E-state index contributed by atoms with van der Waals surface area (Å²) in [6.45, 7) is 1.98. The Morgan fingerprint density at radius 1 is 0.923 bits per heavy atom. The number of aryl methyl sites for hydroxylation is 1. The number of para-hydroxylation sites is 2. The molecule has 26 heavy (non-hydrogen) atoms. The molecule has 1 aliphatic rings. The molecule has 6 heteroatoms. The lowest BCUT2D eigenvalue weighted by Crippen LogP contribution is -2.34. The van der Waals surface area contributed by atoms with Gasteiger partial charge in [0.25, 0.3) is 0 Å². The minimum atomic E-state index is -0.328. The van der Waals surface area contributed by atoms with Crippen LogP contribution in [0.2, 0.25) is 0 Å². The highest BCUT2D eigenvalue weighted by Gasteiger charge is 2.32. The monoisotopic (exact) mass is 346 g/mol. The predicted molar refractivity (Wildman–Crippen MR) is 101 cm³/mol. The first kappa shape index (κ1) is 15.0. The first-order valence-corrected chi connectivity index (χ1v) is 8.68. The van der Waals surface area contributed by atoms with Gasteiger partial charge in [0.15, 0.2) is 0 Å². The molecule has 1 atom stereocenters. The highest BCUT2D eigenvalue weighted by Crippen LogP contribution is 2.33. The van der Waals surface area contributed by atoms with Crippen molar-refractivity contribution in [2.24, 2.45) is 7.05 Å². The van der Waals surface area contributed by atoms with Crippen molar-refractivity contribution in [3.8, 4) is 11.4 Å². The van der Waals surface area contributed by atoms with Crippen molar-refractivity contribution in [3.63, 3.8) is 0 Å². The van der Waals surface area contributed by atoms with Gasteiger partial charge in [-0.25, -0.2) is 18.8 Å². The molecule has 3 heterocycles. The number of aromatic nitrogens is 4. The van der Waals surface area contributed by atoms with Crippen molar-refractivity contribution in [2.45, 2.75) is 19.4 Å². The Kier molecular flexibility index (Phi) is 2.95. The molecule has 0 radical (unpaired) electrons. The average molecular weight is 346 g/mol. The first-order chi connectivity index (χ1) is 12.6. The smallest absolute Gasteiger partial charge is 0.346 e. The van der Waals surface area contributed by atoms with E-state index in [0.29, 0.717) is 12.1 Å². The molecule has 4 aromatic rings. The molecule has 1 aliphatic heterocycles. The van der Waals surface area contributed by atoms with Crippen molar-refractivity contribution < 1.29 is 0 Å². The van der Waals surface area contributed by atoms with E-state index in [1.165, 1.54) is 4.57 Å². The van der Waals surface area contributed by atoms with E-state index >= 15 is 0 Å². The van der Waals surface area contributed by atoms with Crippen molar-refractivity contribution in [1.29, 1.82) is 0 Å². The molecule has 0 bridgehead atoms. The molecule has 0 spiro atoms. The number of hydrogen-bond donors (Lipinski definition) is 0. The Morgan fingerprint density at radius 3 is 2.38 bits per heavy atom. The molecule has 6 nitrogen and oxygen atoms in total. The molecule has 5 rings (SSSR count). The maximum absolute atomic E-state index is 13.3. The number of benzene rings is 2. The molecule has 0 fully saturated rings. The van der Waals surface area contributed by atoms with Crippen molar-refractivity contribution in [2.75, 3.05) is 0 Å². The minimum Gasteiger partial charge on any atom is -0.346 e. The van der Waals surface area contributed by atoms with Crippen LogP contribution in [0.3, 0.4) is 0 Å². The van der Waals surface area contributed by atoms with Gasteiger partial charge in [0.05, 0.1) is 22.9 Å². The summed E-state index contributed by atoms with van der Waals surface area (Å²) in [6.07, 6.45) is 0.707. The molecule has 0 saturated heterocycles. The van der Waals surface area contributed by atoms with Crippen LogP contribution in [-0.2, 0) is 13.5 Å². The summed E-state index contributed by atoms with van der Waals surface area (Å²) in [7, 11) is 2.01. The summed E-state index contributed by atoms with van der Waals surface area (Å²) in [5, 5.41) is 0.984. The van der Waals surface area contributed by atoms with Gasteiger partial charge in [-0.05, 0) is 25.1 Å². The van der Waals surface area contributed by atoms with E-state index in [1.807, 2.05) is 56.4 Å². The summed E-state index contributed by atoms with van der Waals surface area (Å²) >= 11 is 0. The summed E-state index contributed by atoms with van der Waals surface area (Å²) in [4.78, 5) is 26.4. The Bertz CT molecular complexity index is 1270. The molecule has 130 valence electrons. The van der Waals surface area contributed by atoms with Crippen LogP contribution in [0, 0.1) is 0 Å². The SMILES string of the molecule is CC1Cc2c(c3ccccc3n2C)-n2c(=O)n(-c3ccccc3)c(=O)n21. The minimum absolute atomic E-state index is 0.101. The van der Waals surface area contributed by atoms with E-state index in [-0.39, 0.29) is 17.4 Å². The Balaban J connectivity index is 1.94. The van der Waals surface area contributed by atoms with Gasteiger partial charge in [0.1, 0.15) is 0 Å². The Labute approximate surface area is 149 Å². The van der Waals surface area contributed by atoms with Crippen LogP contribution in [0.15, 0.2) is 64.2 Å². The Morgan fingerprint density at radius 2 is 1.62 bits per heavy atom. The maximum atomic E-state index is 13.3. The summed E-state index contributed by atoms with van der Waals surface area (Å²) in [6, 6.07) is 17.0. The number of rotatable bonds is 1. The summed E-state index contributed by atoms with van der Waals surface area (Å²) < 4.78 is 6.53. The molecular weight excluding hydrogens is 328 g/mol. The zero-order valence-electron chi connectivity index (χ0n) is 14.6. The second kappa shape index (κ2) is 5.11. The lowest BCUT2D eigenvalue weighted by atomic mass is 10.1. The van der Waals surface area contributed by atoms with Crippen LogP contribution in [-0.4, -0.2) is 18.5 Å². The fourth-order valence-electron chi connectivity index (χ4n) is 4.11. The second-order valence-electron chi connectivity index (χ2n) is 6.82. The van der Waals surface area contributed by atoms with Gasteiger partial charge in [-0.1, -0.05) is 36.4 Å². The van der Waals surface area contributed by atoms with Crippen LogP contribution < -0.4 is 11.4 Å². The fourth-order valence-corrected chi connectivity index (χ4v) is 4.11. The standard InChI is InChI=1S/C20H18N4O2/c1-13-12-17-18(15-10-6-7-11-16(15)21(17)2)24-20(26)22(19(25)23(13)24)14-8-4-3-5-9-14/h3-11,13H,12H2,1-2H3. The fraction of sp³-hybridized carbons (Fsp3) is 0.200. The van der Waals surface area contributed by atoms with Crippen molar-refractivity contribution in [3.05, 3.63) is 81.3 Å². The van der Waals surface area contributed by atoms with Gasteiger partial charge >= 0.3 is 11.4 Å². The number of nitrogens with zero attached hydrogens (tertiary/aromatic N) is 4.